The molecule has 0 bridgehead atoms. The van der Waals surface area contributed by atoms with Crippen LogP contribution >= 0.6 is 0 Å². The lowest BCUT2D eigenvalue weighted by Gasteiger charge is -2.35. The lowest BCUT2D eigenvalue weighted by molar-refractivity contribution is 0.0996. The number of rotatable bonds is 1. The number of benzene rings is 2. The highest BCUT2D eigenvalue weighted by Gasteiger charge is 2.29. The van der Waals surface area contributed by atoms with Gasteiger partial charge in [0.2, 0.25) is 0 Å². The second kappa shape index (κ2) is 5.01. The van der Waals surface area contributed by atoms with Gasteiger partial charge in [-0.2, -0.15) is 0 Å². The van der Waals surface area contributed by atoms with Crippen molar-refractivity contribution in [1.29, 1.82) is 0 Å². The van der Waals surface area contributed by atoms with Crippen molar-refractivity contribution in [1.82, 2.24) is 0 Å². The van der Waals surface area contributed by atoms with Gasteiger partial charge in [-0.1, -0.05) is 17.7 Å². The van der Waals surface area contributed by atoms with Crippen molar-refractivity contribution in [2.45, 2.75) is 13.5 Å². The molecule has 2 heterocycles. The Bertz CT molecular complexity index is 799. The number of hydrogen-bond acceptors (Lipinski definition) is 3. The third kappa shape index (κ3) is 2.17. The predicted octanol–water partition coefficient (Wildman–Crippen LogP) is 3.04. The highest BCUT2D eigenvalue weighted by molar-refractivity contribution is 6.10. The summed E-state index contributed by atoms with van der Waals surface area (Å²) in [5, 5.41) is 0. The summed E-state index contributed by atoms with van der Waals surface area (Å²) in [4.78, 5) is 19.2. The lowest BCUT2D eigenvalue weighted by Crippen LogP contribution is -2.37. The van der Waals surface area contributed by atoms with E-state index in [2.05, 4.69) is 54.2 Å². The van der Waals surface area contributed by atoms with Crippen molar-refractivity contribution in [3.8, 4) is 0 Å². The average molecular weight is 307 g/mol. The monoisotopic (exact) mass is 307 g/mol. The fraction of sp³-hybridized carbons (Fsp3) is 0.316. The lowest BCUT2D eigenvalue weighted by atomic mass is 10.1. The van der Waals surface area contributed by atoms with Crippen LogP contribution in [0, 0.1) is 6.92 Å². The van der Waals surface area contributed by atoms with Crippen molar-refractivity contribution in [2.24, 2.45) is 0 Å². The summed E-state index contributed by atoms with van der Waals surface area (Å²) in [7, 11) is 4.23. The Hall–Kier alpha value is -2.49. The van der Waals surface area contributed by atoms with Crippen molar-refractivity contribution in [3.63, 3.8) is 0 Å². The molecule has 0 saturated carbocycles. The fourth-order valence-electron chi connectivity index (χ4n) is 3.47. The molecule has 1 amide bonds. The van der Waals surface area contributed by atoms with E-state index in [1.54, 1.807) is 0 Å². The molecule has 4 heteroatoms. The predicted molar refractivity (Wildman–Crippen MR) is 94.7 cm³/mol. The maximum absolute atomic E-state index is 12.8. The number of hydrogen-bond donors (Lipinski definition) is 0. The molecule has 0 saturated heterocycles. The summed E-state index contributed by atoms with van der Waals surface area (Å²) in [6.45, 7) is 4.71. The normalized spacial score (nSPS) is 16.7. The van der Waals surface area contributed by atoms with Gasteiger partial charge in [0.25, 0.3) is 5.91 Å². The van der Waals surface area contributed by atoms with E-state index in [0.29, 0.717) is 6.54 Å². The Morgan fingerprint density at radius 1 is 0.913 bits per heavy atom. The maximum atomic E-state index is 12.8. The van der Waals surface area contributed by atoms with Gasteiger partial charge in [-0.05, 0) is 36.8 Å². The molecule has 0 spiro atoms. The highest BCUT2D eigenvalue weighted by atomic mass is 16.2. The molecule has 4 nitrogen and oxygen atoms in total. The van der Waals surface area contributed by atoms with Crippen LogP contribution in [0.1, 0.15) is 21.5 Å². The standard InChI is InChI=1S/C19H21N3O/c1-13-4-5-14-12-22(19(23)16(14)10-13)15-6-7-17-18(11-15)21(3)9-8-20(17)2/h4-7,10-11H,8-9,12H2,1-3H3. The van der Waals surface area contributed by atoms with Gasteiger partial charge in [-0.25, -0.2) is 0 Å². The van der Waals surface area contributed by atoms with Gasteiger partial charge in [0.05, 0.1) is 17.9 Å². The molecule has 2 aromatic rings. The van der Waals surface area contributed by atoms with E-state index >= 15 is 0 Å². The van der Waals surface area contributed by atoms with Gasteiger partial charge in [0.15, 0.2) is 0 Å². The first-order chi connectivity index (χ1) is 11.0. The molecule has 0 aromatic heterocycles. The molecule has 118 valence electrons. The van der Waals surface area contributed by atoms with Gasteiger partial charge >= 0.3 is 0 Å². The second-order valence-corrected chi connectivity index (χ2v) is 6.57. The molecule has 0 atom stereocenters. The summed E-state index contributed by atoms with van der Waals surface area (Å²) < 4.78 is 0. The van der Waals surface area contributed by atoms with Crippen molar-refractivity contribution in [3.05, 3.63) is 53.1 Å². The quantitative estimate of drug-likeness (QED) is 0.810. The van der Waals surface area contributed by atoms with Crippen molar-refractivity contribution < 1.29 is 4.79 Å². The molecule has 0 radical (unpaired) electrons. The van der Waals surface area contributed by atoms with Crippen molar-refractivity contribution in [2.75, 3.05) is 41.9 Å². The van der Waals surface area contributed by atoms with Crippen LogP contribution in [0.3, 0.4) is 0 Å². The molecule has 4 rings (SSSR count). The van der Waals surface area contributed by atoms with E-state index < -0.39 is 0 Å². The van der Waals surface area contributed by atoms with E-state index in [4.69, 9.17) is 0 Å². The summed E-state index contributed by atoms with van der Waals surface area (Å²) >= 11 is 0. The third-order valence-corrected chi connectivity index (χ3v) is 4.93. The van der Waals surface area contributed by atoms with E-state index in [1.807, 2.05) is 17.9 Å². The first-order valence-electron chi connectivity index (χ1n) is 8.02. The minimum Gasteiger partial charge on any atom is -0.371 e. The van der Waals surface area contributed by atoms with Gasteiger partial charge in [0, 0.05) is 38.4 Å². The van der Waals surface area contributed by atoms with Crippen LogP contribution in [-0.2, 0) is 6.54 Å². The molecule has 2 aliphatic rings. The summed E-state index contributed by atoms with van der Waals surface area (Å²) in [6.07, 6.45) is 0. The van der Waals surface area contributed by atoms with Gasteiger partial charge in [-0.3, -0.25) is 4.79 Å². The summed E-state index contributed by atoms with van der Waals surface area (Å²) in [6, 6.07) is 12.5. The van der Waals surface area contributed by atoms with Crippen molar-refractivity contribution >= 4 is 23.0 Å². The summed E-state index contributed by atoms with van der Waals surface area (Å²) in [5.74, 6) is 0.107. The number of carbonyl (C=O) groups is 1. The third-order valence-electron chi connectivity index (χ3n) is 4.93. The number of amides is 1. The van der Waals surface area contributed by atoms with E-state index in [1.165, 1.54) is 11.4 Å². The molecule has 2 aliphatic heterocycles. The minimum atomic E-state index is 0.107. The Kier molecular flexibility index (Phi) is 3.08. The first kappa shape index (κ1) is 14.1. The first-order valence-corrected chi connectivity index (χ1v) is 8.02. The Morgan fingerprint density at radius 3 is 2.43 bits per heavy atom. The number of carbonyl (C=O) groups excluding carboxylic acids is 1. The Balaban J connectivity index is 1.73. The number of fused-ring (bicyclic) bond motifs is 2. The SMILES string of the molecule is Cc1ccc2c(c1)C(=O)N(c1ccc3c(c1)N(C)CCN3C)C2. The molecule has 0 N–H and O–H groups in total. The van der Waals surface area contributed by atoms with Crippen LogP contribution in [0.4, 0.5) is 17.1 Å². The maximum Gasteiger partial charge on any atom is 0.258 e. The molecule has 0 aliphatic carbocycles. The van der Waals surface area contributed by atoms with Gasteiger partial charge in [-0.15, -0.1) is 0 Å². The minimum absolute atomic E-state index is 0.107. The van der Waals surface area contributed by atoms with Gasteiger partial charge in [0.1, 0.15) is 0 Å². The van der Waals surface area contributed by atoms with Crippen LogP contribution in [0.15, 0.2) is 36.4 Å². The van der Waals surface area contributed by atoms with Gasteiger partial charge < -0.3 is 14.7 Å². The topological polar surface area (TPSA) is 26.8 Å². The number of nitrogens with zero attached hydrogens (tertiary/aromatic N) is 3. The van der Waals surface area contributed by atoms with Crippen LogP contribution < -0.4 is 14.7 Å². The Labute approximate surface area is 136 Å². The van der Waals surface area contributed by atoms with E-state index in [-0.39, 0.29) is 5.91 Å². The fourth-order valence-corrected chi connectivity index (χ4v) is 3.47. The Morgan fingerprint density at radius 2 is 1.65 bits per heavy atom. The number of anilines is 3. The molecular formula is C19H21N3O. The number of likely N-dealkylation sites (N-methyl/N-ethyl adjacent to an activating group) is 2. The van der Waals surface area contributed by atoms with E-state index in [0.717, 1.165) is 35.5 Å². The second-order valence-electron chi connectivity index (χ2n) is 6.57. The van der Waals surface area contributed by atoms with Crippen LogP contribution in [0.25, 0.3) is 0 Å². The van der Waals surface area contributed by atoms with Crippen LogP contribution in [0.5, 0.6) is 0 Å². The number of aryl methyl sites for hydroxylation is 1. The zero-order chi connectivity index (χ0) is 16.1. The molecular weight excluding hydrogens is 286 g/mol. The average Bonchev–Trinajstić information content (AvgIpc) is 2.87. The summed E-state index contributed by atoms with van der Waals surface area (Å²) in [5.41, 5.74) is 6.48. The molecule has 23 heavy (non-hydrogen) atoms. The smallest absolute Gasteiger partial charge is 0.258 e. The zero-order valence-electron chi connectivity index (χ0n) is 13.8. The highest BCUT2D eigenvalue weighted by Crippen LogP contribution is 2.37. The van der Waals surface area contributed by atoms with E-state index in [9.17, 15) is 4.79 Å². The largest absolute Gasteiger partial charge is 0.371 e. The molecule has 2 aromatic carbocycles. The van der Waals surface area contributed by atoms with Crippen LogP contribution in [0.2, 0.25) is 0 Å². The zero-order valence-corrected chi connectivity index (χ0v) is 13.8. The molecule has 0 unspecified atom stereocenters. The van der Waals surface area contributed by atoms with Crippen LogP contribution in [-0.4, -0.2) is 33.1 Å². The molecule has 0 fully saturated rings.